The fourth-order valence-electron chi connectivity index (χ4n) is 5.92. The molecule has 0 spiro atoms. The summed E-state index contributed by atoms with van der Waals surface area (Å²) in [5, 5.41) is 0.445. The van der Waals surface area contributed by atoms with Gasteiger partial charge in [0.2, 0.25) is 11.8 Å². The molecule has 1 aliphatic heterocycles. The molecule has 1 fully saturated rings. The molecule has 8 heteroatoms. The summed E-state index contributed by atoms with van der Waals surface area (Å²) >= 11 is 6.64. The quantitative estimate of drug-likeness (QED) is 0.114. The lowest BCUT2D eigenvalue weighted by Crippen LogP contribution is -2.47. The van der Waals surface area contributed by atoms with Crippen molar-refractivity contribution in [1.82, 2.24) is 14.8 Å². The van der Waals surface area contributed by atoms with E-state index >= 15 is 0 Å². The van der Waals surface area contributed by atoms with Gasteiger partial charge in [-0.05, 0) is 90.6 Å². The normalized spacial score (nSPS) is 13.4. The van der Waals surface area contributed by atoms with E-state index in [0.29, 0.717) is 48.7 Å². The van der Waals surface area contributed by atoms with Crippen molar-refractivity contribution in [2.75, 3.05) is 32.8 Å². The molecule has 2 heterocycles. The first-order chi connectivity index (χ1) is 24.8. The molecule has 51 heavy (non-hydrogen) atoms. The number of benzene rings is 4. The Kier molecular flexibility index (Phi) is 12.0. The standard InChI is InChI=1S/C43H44ClN3O4/c1-31-8-15-38(16-9-31)49-25-20-34-10-12-35(13-11-34)29-46-21-23-47(24-22-46)42(48)19-14-36-26-33(3)43(40(44)27-36)51-41-18-17-39(28-45-41)50-30-37-7-5-4-6-32(37)2/h4-19,26-28H,20-25,29-30H2,1-3H3/b19-14+. The van der Waals surface area contributed by atoms with E-state index in [1.807, 2.05) is 54.3 Å². The lowest BCUT2D eigenvalue weighted by atomic mass is 10.1. The molecule has 0 saturated carbocycles. The predicted molar refractivity (Wildman–Crippen MR) is 204 cm³/mol. The van der Waals surface area contributed by atoms with Crippen LogP contribution < -0.4 is 14.2 Å². The number of amides is 1. The largest absolute Gasteiger partial charge is 0.493 e. The van der Waals surface area contributed by atoms with Crippen LogP contribution in [0, 0.1) is 20.8 Å². The van der Waals surface area contributed by atoms with E-state index in [4.69, 9.17) is 25.8 Å². The van der Waals surface area contributed by atoms with Crippen molar-refractivity contribution in [3.05, 3.63) is 153 Å². The van der Waals surface area contributed by atoms with Gasteiger partial charge in [0.05, 0.1) is 17.8 Å². The molecule has 5 aromatic rings. The van der Waals surface area contributed by atoms with Crippen LogP contribution in [0.5, 0.6) is 23.1 Å². The van der Waals surface area contributed by atoms with Crippen molar-refractivity contribution in [2.45, 2.75) is 40.3 Å². The molecule has 0 unspecified atom stereocenters. The number of aryl methyl sites for hydroxylation is 3. The van der Waals surface area contributed by atoms with Crippen LogP contribution in [0.4, 0.5) is 0 Å². The molecule has 1 aromatic heterocycles. The summed E-state index contributed by atoms with van der Waals surface area (Å²) in [6.45, 7) is 11.1. The van der Waals surface area contributed by atoms with Gasteiger partial charge in [-0.2, -0.15) is 0 Å². The van der Waals surface area contributed by atoms with E-state index in [1.54, 1.807) is 24.4 Å². The highest BCUT2D eigenvalue weighted by molar-refractivity contribution is 6.32. The summed E-state index contributed by atoms with van der Waals surface area (Å²) < 4.78 is 17.8. The van der Waals surface area contributed by atoms with Gasteiger partial charge in [-0.3, -0.25) is 9.69 Å². The molecule has 7 nitrogen and oxygen atoms in total. The topological polar surface area (TPSA) is 64.1 Å². The molecule has 262 valence electrons. The molecule has 0 N–H and O–H groups in total. The average Bonchev–Trinajstić information content (AvgIpc) is 3.14. The number of hydrogen-bond donors (Lipinski definition) is 0. The third-order valence-corrected chi connectivity index (χ3v) is 9.32. The number of rotatable bonds is 13. The van der Waals surface area contributed by atoms with Crippen molar-refractivity contribution in [1.29, 1.82) is 0 Å². The summed E-state index contributed by atoms with van der Waals surface area (Å²) in [7, 11) is 0. The number of ether oxygens (including phenoxy) is 3. The molecule has 0 radical (unpaired) electrons. The minimum absolute atomic E-state index is 0.00473. The zero-order valence-corrected chi connectivity index (χ0v) is 30.2. The average molecular weight is 702 g/mol. The number of pyridine rings is 1. The van der Waals surface area contributed by atoms with Crippen LogP contribution in [0.15, 0.2) is 109 Å². The van der Waals surface area contributed by atoms with Gasteiger partial charge in [-0.25, -0.2) is 4.98 Å². The Morgan fingerprint density at radius 2 is 1.53 bits per heavy atom. The maximum atomic E-state index is 13.0. The number of piperazine rings is 1. The Morgan fingerprint density at radius 1 is 0.804 bits per heavy atom. The summed E-state index contributed by atoms with van der Waals surface area (Å²) in [5.74, 6) is 2.50. The summed E-state index contributed by atoms with van der Waals surface area (Å²) in [6.07, 6.45) is 5.94. The molecule has 0 atom stereocenters. The second-order valence-electron chi connectivity index (χ2n) is 13.0. The van der Waals surface area contributed by atoms with Crippen molar-refractivity contribution >= 4 is 23.6 Å². The van der Waals surface area contributed by atoms with Crippen molar-refractivity contribution in [3.8, 4) is 23.1 Å². The third-order valence-electron chi connectivity index (χ3n) is 9.03. The molecule has 0 aliphatic carbocycles. The third kappa shape index (κ3) is 10.2. The lowest BCUT2D eigenvalue weighted by Gasteiger charge is -2.34. The van der Waals surface area contributed by atoms with E-state index in [9.17, 15) is 4.79 Å². The van der Waals surface area contributed by atoms with Gasteiger partial charge >= 0.3 is 0 Å². The number of carbonyl (C=O) groups excluding carboxylic acids is 1. The Morgan fingerprint density at radius 3 is 2.24 bits per heavy atom. The van der Waals surface area contributed by atoms with Gasteiger partial charge in [0, 0.05) is 51.3 Å². The van der Waals surface area contributed by atoms with E-state index in [-0.39, 0.29) is 5.91 Å². The van der Waals surface area contributed by atoms with Crippen molar-refractivity contribution in [3.63, 3.8) is 0 Å². The van der Waals surface area contributed by atoms with Gasteiger partial charge in [0.15, 0.2) is 5.75 Å². The number of aromatic nitrogens is 1. The number of nitrogens with zero attached hydrogens (tertiary/aromatic N) is 3. The highest BCUT2D eigenvalue weighted by Crippen LogP contribution is 2.34. The zero-order chi connectivity index (χ0) is 35.6. The van der Waals surface area contributed by atoms with Gasteiger partial charge in [-0.1, -0.05) is 77.8 Å². The first-order valence-electron chi connectivity index (χ1n) is 17.4. The van der Waals surface area contributed by atoms with Crippen LogP contribution in [0.1, 0.15) is 38.9 Å². The first kappa shape index (κ1) is 35.7. The molecular weight excluding hydrogens is 658 g/mol. The molecular formula is C43H44ClN3O4. The van der Waals surface area contributed by atoms with E-state index in [2.05, 4.69) is 72.3 Å². The molecule has 6 rings (SSSR count). The van der Waals surface area contributed by atoms with Crippen LogP contribution in [-0.4, -0.2) is 53.5 Å². The highest BCUT2D eigenvalue weighted by atomic mass is 35.5. The summed E-state index contributed by atoms with van der Waals surface area (Å²) in [6, 6.07) is 32.4. The molecule has 4 aromatic carbocycles. The van der Waals surface area contributed by atoms with Crippen LogP contribution in [0.3, 0.4) is 0 Å². The fourth-order valence-corrected chi connectivity index (χ4v) is 6.24. The Balaban J connectivity index is 0.935. The Hall–Kier alpha value is -5.11. The second-order valence-corrected chi connectivity index (χ2v) is 13.4. The minimum Gasteiger partial charge on any atom is -0.493 e. The zero-order valence-electron chi connectivity index (χ0n) is 29.5. The highest BCUT2D eigenvalue weighted by Gasteiger charge is 2.20. The van der Waals surface area contributed by atoms with Gasteiger partial charge < -0.3 is 19.1 Å². The monoisotopic (exact) mass is 701 g/mol. The van der Waals surface area contributed by atoms with Crippen LogP contribution in [0.2, 0.25) is 5.02 Å². The van der Waals surface area contributed by atoms with Gasteiger partial charge in [0.25, 0.3) is 0 Å². The van der Waals surface area contributed by atoms with E-state index in [0.717, 1.165) is 48.5 Å². The summed E-state index contributed by atoms with van der Waals surface area (Å²) in [4.78, 5) is 21.7. The molecule has 1 saturated heterocycles. The van der Waals surface area contributed by atoms with Crippen LogP contribution >= 0.6 is 11.6 Å². The predicted octanol–water partition coefficient (Wildman–Crippen LogP) is 9.01. The summed E-state index contributed by atoms with van der Waals surface area (Å²) in [5.41, 5.74) is 7.74. The smallest absolute Gasteiger partial charge is 0.246 e. The lowest BCUT2D eigenvalue weighted by molar-refractivity contribution is -0.127. The maximum Gasteiger partial charge on any atom is 0.246 e. The number of halogens is 1. The van der Waals surface area contributed by atoms with Crippen molar-refractivity contribution < 1.29 is 19.0 Å². The Labute approximate surface area is 306 Å². The molecule has 0 bridgehead atoms. The molecule has 1 aliphatic rings. The SMILES string of the molecule is Cc1ccc(OCCc2ccc(CN3CCN(C(=O)/C=C/c4cc(C)c(Oc5ccc(OCc6ccccc6C)cn5)c(Cl)c4)CC3)cc2)cc1. The van der Waals surface area contributed by atoms with E-state index in [1.165, 1.54) is 22.3 Å². The van der Waals surface area contributed by atoms with Crippen LogP contribution in [0.25, 0.3) is 6.08 Å². The van der Waals surface area contributed by atoms with Gasteiger partial charge in [-0.15, -0.1) is 0 Å². The number of carbonyl (C=O) groups is 1. The van der Waals surface area contributed by atoms with Crippen LogP contribution in [-0.2, 0) is 24.4 Å². The first-order valence-corrected chi connectivity index (χ1v) is 17.7. The van der Waals surface area contributed by atoms with Crippen molar-refractivity contribution in [2.24, 2.45) is 0 Å². The second kappa shape index (κ2) is 17.2. The minimum atomic E-state index is -0.00473. The van der Waals surface area contributed by atoms with Gasteiger partial charge in [0.1, 0.15) is 18.1 Å². The fraction of sp³-hybridized carbons (Fsp3) is 0.256. The maximum absolute atomic E-state index is 13.0. The van der Waals surface area contributed by atoms with E-state index < -0.39 is 0 Å². The molecule has 1 amide bonds. The number of hydrogen-bond acceptors (Lipinski definition) is 6. The Bertz CT molecular complexity index is 1910.